The molecule has 5 aliphatic rings. The number of carboxylic acid groups (broad SMARTS) is 1. The lowest BCUT2D eigenvalue weighted by Gasteiger charge is -2.72. The third kappa shape index (κ3) is 3.07. The number of hydrogen-bond acceptors (Lipinski definition) is 4. The van der Waals surface area contributed by atoms with E-state index in [2.05, 4.69) is 40.7 Å². The van der Waals surface area contributed by atoms with E-state index in [0.29, 0.717) is 25.2 Å². The van der Waals surface area contributed by atoms with E-state index in [1.165, 1.54) is 5.57 Å². The van der Waals surface area contributed by atoms with Gasteiger partial charge in [0.05, 0.1) is 24.2 Å². The van der Waals surface area contributed by atoms with Crippen molar-refractivity contribution in [3.8, 4) is 0 Å². The van der Waals surface area contributed by atoms with Crippen molar-refractivity contribution in [1.29, 1.82) is 0 Å². The Hall–Kier alpha value is -0.910. The Kier molecular flexibility index (Phi) is 5.56. The number of fused-ring (bicyclic) bond motifs is 7. The molecule has 0 spiro atoms. The molecule has 0 aromatic heterocycles. The average Bonchev–Trinajstić information content (AvgIpc) is 2.76. The van der Waals surface area contributed by atoms with Crippen LogP contribution in [0, 0.1) is 50.2 Å². The zero-order valence-electron chi connectivity index (χ0n) is 22.7. The Morgan fingerprint density at radius 1 is 0.971 bits per heavy atom. The van der Waals surface area contributed by atoms with E-state index >= 15 is 0 Å². The van der Waals surface area contributed by atoms with Crippen LogP contribution in [0.25, 0.3) is 0 Å². The van der Waals surface area contributed by atoms with Crippen LogP contribution in [0.15, 0.2) is 11.6 Å². The van der Waals surface area contributed by atoms with Crippen LogP contribution in [-0.4, -0.2) is 45.2 Å². The van der Waals surface area contributed by atoms with Gasteiger partial charge in [0.15, 0.2) is 0 Å². The number of rotatable bonds is 2. The summed E-state index contributed by atoms with van der Waals surface area (Å²) in [6, 6.07) is 0. The Bertz CT molecular complexity index is 941. The highest BCUT2D eigenvalue weighted by atomic mass is 16.4. The van der Waals surface area contributed by atoms with Gasteiger partial charge in [0.2, 0.25) is 0 Å². The second-order valence-corrected chi connectivity index (χ2v) is 15.1. The molecule has 10 atom stereocenters. The second-order valence-electron chi connectivity index (χ2n) is 15.1. The summed E-state index contributed by atoms with van der Waals surface area (Å²) >= 11 is 0. The monoisotopic (exact) mass is 488 g/mol. The van der Waals surface area contributed by atoms with E-state index in [1.54, 1.807) is 0 Å². The molecule has 35 heavy (non-hydrogen) atoms. The maximum absolute atomic E-state index is 12.8. The fraction of sp³-hybridized carbons (Fsp3) is 0.900. The highest BCUT2D eigenvalue weighted by Gasteiger charge is 2.71. The van der Waals surface area contributed by atoms with E-state index in [9.17, 15) is 25.2 Å². The van der Waals surface area contributed by atoms with E-state index in [-0.39, 0.29) is 40.1 Å². The van der Waals surface area contributed by atoms with Crippen molar-refractivity contribution in [1.82, 2.24) is 0 Å². The molecule has 0 aliphatic heterocycles. The predicted octanol–water partition coefficient (Wildman–Crippen LogP) is 5.18. The summed E-state index contributed by atoms with van der Waals surface area (Å²) in [5.74, 6) is -0.400. The SMILES string of the molecule is CC1(C)CC[C@]2(C(=O)O)CC[C@]3(C)C(=CC[C@@H]4[C@@]5(C)CC[C@H](O)[C@@](C)(CO)C5[C@H](O)C[C@]43C)[C@H]2C1. The van der Waals surface area contributed by atoms with Gasteiger partial charge in [-0.1, -0.05) is 53.2 Å². The van der Waals surface area contributed by atoms with Crippen molar-refractivity contribution in [2.24, 2.45) is 50.2 Å². The van der Waals surface area contributed by atoms with Crippen LogP contribution in [0.1, 0.15) is 99.3 Å². The van der Waals surface area contributed by atoms with Crippen molar-refractivity contribution in [3.63, 3.8) is 0 Å². The highest BCUT2D eigenvalue weighted by molar-refractivity contribution is 5.76. The van der Waals surface area contributed by atoms with Crippen molar-refractivity contribution in [2.75, 3.05) is 6.61 Å². The molecule has 0 bridgehead atoms. The summed E-state index contributed by atoms with van der Waals surface area (Å²) in [7, 11) is 0. The first-order valence-corrected chi connectivity index (χ1v) is 14.0. The van der Waals surface area contributed by atoms with Gasteiger partial charge in [-0.25, -0.2) is 0 Å². The minimum absolute atomic E-state index is 0.0545. The first-order chi connectivity index (χ1) is 16.1. The van der Waals surface area contributed by atoms with Gasteiger partial charge in [-0.2, -0.15) is 0 Å². The third-order valence-electron chi connectivity index (χ3n) is 13.1. The smallest absolute Gasteiger partial charge is 0.310 e. The molecule has 0 aromatic rings. The molecule has 0 radical (unpaired) electrons. The molecule has 4 N–H and O–H groups in total. The molecule has 0 aromatic carbocycles. The van der Waals surface area contributed by atoms with Crippen LogP contribution in [0.2, 0.25) is 0 Å². The summed E-state index contributed by atoms with van der Waals surface area (Å²) in [5, 5.41) is 43.6. The van der Waals surface area contributed by atoms with Gasteiger partial charge in [0.1, 0.15) is 0 Å². The Balaban J connectivity index is 1.63. The average molecular weight is 489 g/mol. The van der Waals surface area contributed by atoms with E-state index in [0.717, 1.165) is 38.5 Å². The molecule has 0 saturated heterocycles. The predicted molar refractivity (Wildman–Crippen MR) is 135 cm³/mol. The number of hydrogen-bond donors (Lipinski definition) is 4. The molecule has 5 rings (SSSR count). The number of carboxylic acids is 1. The molecule has 5 aliphatic carbocycles. The number of aliphatic hydroxyl groups is 3. The summed E-state index contributed by atoms with van der Waals surface area (Å²) in [6.45, 7) is 13.5. The summed E-state index contributed by atoms with van der Waals surface area (Å²) in [6.07, 6.45) is 8.44. The summed E-state index contributed by atoms with van der Waals surface area (Å²) < 4.78 is 0. The van der Waals surface area contributed by atoms with Crippen molar-refractivity contribution >= 4 is 5.97 Å². The molecule has 0 amide bonds. The topological polar surface area (TPSA) is 98.0 Å². The van der Waals surface area contributed by atoms with Crippen LogP contribution in [-0.2, 0) is 4.79 Å². The van der Waals surface area contributed by atoms with Crippen LogP contribution >= 0.6 is 0 Å². The number of aliphatic carboxylic acids is 1. The van der Waals surface area contributed by atoms with Crippen LogP contribution in [0.4, 0.5) is 0 Å². The quantitative estimate of drug-likeness (QED) is 0.402. The first kappa shape index (κ1) is 25.7. The molecule has 5 nitrogen and oxygen atoms in total. The van der Waals surface area contributed by atoms with E-state index < -0.39 is 29.0 Å². The standard InChI is InChI=1S/C30H48O5/c1-25(2)11-13-30(24(34)35)14-12-28(5)18(19(30)15-25)7-8-21-26(3)10-9-22(33)27(4,17-31)23(26)20(32)16-29(21,28)6/h7,19-23,31-33H,8-17H2,1-6H3,(H,34,35)/t19-,20-,21-,22+,23?,26-,27-,28-,29-,30+/m1/s1. The Morgan fingerprint density at radius 2 is 1.63 bits per heavy atom. The Labute approximate surface area is 211 Å². The highest BCUT2D eigenvalue weighted by Crippen LogP contribution is 2.75. The second kappa shape index (κ2) is 7.57. The number of carbonyl (C=O) groups is 1. The van der Waals surface area contributed by atoms with Crippen LogP contribution in [0.5, 0.6) is 0 Å². The third-order valence-corrected chi connectivity index (χ3v) is 13.1. The van der Waals surface area contributed by atoms with Gasteiger partial charge in [-0.05, 0) is 91.3 Å². The van der Waals surface area contributed by atoms with Crippen molar-refractivity contribution < 1.29 is 25.2 Å². The zero-order valence-corrected chi connectivity index (χ0v) is 22.7. The van der Waals surface area contributed by atoms with E-state index in [4.69, 9.17) is 0 Å². The molecule has 4 saturated carbocycles. The number of allylic oxidation sites excluding steroid dienone is 2. The molecule has 0 heterocycles. The lowest BCUT2D eigenvalue weighted by molar-refractivity contribution is -0.252. The minimum atomic E-state index is -0.711. The molecule has 198 valence electrons. The van der Waals surface area contributed by atoms with Crippen LogP contribution < -0.4 is 0 Å². The lowest BCUT2D eigenvalue weighted by atomic mass is 9.33. The fourth-order valence-electron chi connectivity index (χ4n) is 10.8. The van der Waals surface area contributed by atoms with Gasteiger partial charge in [-0.15, -0.1) is 0 Å². The fourth-order valence-corrected chi connectivity index (χ4v) is 10.8. The molecular weight excluding hydrogens is 440 g/mol. The molecule has 5 heteroatoms. The van der Waals surface area contributed by atoms with Gasteiger partial charge in [0, 0.05) is 11.3 Å². The minimum Gasteiger partial charge on any atom is -0.481 e. The summed E-state index contributed by atoms with van der Waals surface area (Å²) in [5.41, 5.74) is -0.397. The largest absolute Gasteiger partial charge is 0.481 e. The molecule has 1 unspecified atom stereocenters. The number of aliphatic hydroxyl groups excluding tert-OH is 3. The van der Waals surface area contributed by atoms with Gasteiger partial charge in [0.25, 0.3) is 0 Å². The van der Waals surface area contributed by atoms with Crippen molar-refractivity contribution in [2.45, 2.75) is 112 Å². The summed E-state index contributed by atoms with van der Waals surface area (Å²) in [4.78, 5) is 12.8. The van der Waals surface area contributed by atoms with Crippen molar-refractivity contribution in [3.05, 3.63) is 11.6 Å². The lowest BCUT2D eigenvalue weighted by Crippen LogP contribution is -2.69. The molecule has 4 fully saturated rings. The zero-order chi connectivity index (χ0) is 25.8. The van der Waals surface area contributed by atoms with E-state index in [1.807, 2.05) is 6.92 Å². The maximum Gasteiger partial charge on any atom is 0.310 e. The normalized spacial score (nSPS) is 55.0. The first-order valence-electron chi connectivity index (χ1n) is 14.0. The van der Waals surface area contributed by atoms with Crippen LogP contribution in [0.3, 0.4) is 0 Å². The van der Waals surface area contributed by atoms with Gasteiger partial charge in [-0.3, -0.25) is 4.79 Å². The maximum atomic E-state index is 12.8. The Morgan fingerprint density at radius 3 is 2.26 bits per heavy atom. The molecular formula is C30H48O5. The van der Waals surface area contributed by atoms with Gasteiger partial charge < -0.3 is 20.4 Å². The van der Waals surface area contributed by atoms with Gasteiger partial charge >= 0.3 is 5.97 Å².